The summed E-state index contributed by atoms with van der Waals surface area (Å²) in [6.45, 7) is 10.0. The van der Waals surface area contributed by atoms with Gasteiger partial charge in [-0.3, -0.25) is 9.20 Å². The molecule has 29 heavy (non-hydrogen) atoms. The molecular formula is C22H38IN3O2S. The van der Waals surface area contributed by atoms with Gasteiger partial charge in [0.25, 0.3) is 0 Å². The van der Waals surface area contributed by atoms with Crippen LogP contribution in [-0.2, 0) is 16.2 Å². The zero-order chi connectivity index (χ0) is 20.6. The molecule has 1 fully saturated rings. The van der Waals surface area contributed by atoms with Gasteiger partial charge in [-0.25, -0.2) is 0 Å². The predicted octanol–water partition coefficient (Wildman–Crippen LogP) is 4.23. The molecule has 7 heteroatoms. The van der Waals surface area contributed by atoms with E-state index in [1.165, 1.54) is 5.56 Å². The van der Waals surface area contributed by atoms with Crippen molar-refractivity contribution in [2.45, 2.75) is 70.1 Å². The van der Waals surface area contributed by atoms with E-state index in [0.29, 0.717) is 17.8 Å². The van der Waals surface area contributed by atoms with Crippen molar-refractivity contribution < 1.29 is 8.95 Å². The number of rotatable bonds is 8. The zero-order valence-corrected chi connectivity index (χ0v) is 21.6. The van der Waals surface area contributed by atoms with Gasteiger partial charge >= 0.3 is 0 Å². The number of hydrogen-bond donors (Lipinski definition) is 2. The molecule has 5 nitrogen and oxygen atoms in total. The SMILES string of the molecule is CCNC(=NCC(C)(C)c1ccc(OC)cc1)NC1CCCC(S(=O)CC)C1.I. The van der Waals surface area contributed by atoms with E-state index in [2.05, 4.69) is 43.5 Å². The minimum atomic E-state index is -0.709. The number of methoxy groups -OCH3 is 1. The van der Waals surface area contributed by atoms with E-state index in [4.69, 9.17) is 9.73 Å². The molecular weight excluding hydrogens is 497 g/mol. The van der Waals surface area contributed by atoms with E-state index in [9.17, 15) is 4.21 Å². The van der Waals surface area contributed by atoms with Crippen LogP contribution in [0.4, 0.5) is 0 Å². The lowest BCUT2D eigenvalue weighted by Crippen LogP contribution is -2.47. The summed E-state index contributed by atoms with van der Waals surface area (Å²) in [5.74, 6) is 2.48. The first-order valence-corrected chi connectivity index (χ1v) is 11.8. The summed E-state index contributed by atoms with van der Waals surface area (Å²) in [6, 6.07) is 8.57. The Hall–Kier alpha value is -0.830. The lowest BCUT2D eigenvalue weighted by atomic mass is 9.85. The van der Waals surface area contributed by atoms with Crippen molar-refractivity contribution in [3.63, 3.8) is 0 Å². The molecule has 1 aromatic carbocycles. The van der Waals surface area contributed by atoms with Crippen LogP contribution < -0.4 is 15.4 Å². The number of nitrogens with one attached hydrogen (secondary N) is 2. The first-order chi connectivity index (χ1) is 13.4. The summed E-state index contributed by atoms with van der Waals surface area (Å²) in [5.41, 5.74) is 1.16. The van der Waals surface area contributed by atoms with Crippen LogP contribution in [0.1, 0.15) is 58.9 Å². The van der Waals surface area contributed by atoms with Crippen molar-refractivity contribution in [1.82, 2.24) is 10.6 Å². The van der Waals surface area contributed by atoms with Crippen LogP contribution in [0.3, 0.4) is 0 Å². The van der Waals surface area contributed by atoms with Gasteiger partial charge in [-0.05, 0) is 43.9 Å². The van der Waals surface area contributed by atoms with Gasteiger partial charge in [0.2, 0.25) is 0 Å². The van der Waals surface area contributed by atoms with E-state index in [0.717, 1.165) is 49.7 Å². The summed E-state index contributed by atoms with van der Waals surface area (Å²) in [4.78, 5) is 4.88. The third kappa shape index (κ3) is 8.07. The molecule has 0 aliphatic heterocycles. The Balaban J connectivity index is 0.00000420. The van der Waals surface area contributed by atoms with Crippen LogP contribution in [0.2, 0.25) is 0 Å². The summed E-state index contributed by atoms with van der Waals surface area (Å²) < 4.78 is 17.5. The van der Waals surface area contributed by atoms with Gasteiger partial charge in [0.15, 0.2) is 5.96 Å². The van der Waals surface area contributed by atoms with Crippen LogP contribution in [0, 0.1) is 0 Å². The van der Waals surface area contributed by atoms with Crippen LogP contribution in [0.5, 0.6) is 5.75 Å². The molecule has 1 aromatic rings. The van der Waals surface area contributed by atoms with E-state index < -0.39 is 10.8 Å². The van der Waals surface area contributed by atoms with Crippen molar-refractivity contribution in [3.8, 4) is 5.75 Å². The molecule has 0 saturated heterocycles. The maximum atomic E-state index is 12.2. The van der Waals surface area contributed by atoms with Gasteiger partial charge in [-0.1, -0.05) is 39.3 Å². The second kappa shape index (κ2) is 12.8. The highest BCUT2D eigenvalue weighted by atomic mass is 127. The van der Waals surface area contributed by atoms with E-state index in [-0.39, 0.29) is 29.4 Å². The third-order valence-corrected chi connectivity index (χ3v) is 7.21. The molecule has 0 aromatic heterocycles. The molecule has 1 aliphatic rings. The fourth-order valence-electron chi connectivity index (χ4n) is 3.67. The van der Waals surface area contributed by atoms with E-state index in [1.54, 1.807) is 7.11 Å². The van der Waals surface area contributed by atoms with Crippen molar-refractivity contribution in [2.75, 3.05) is 26.0 Å². The standard InChI is InChI=1S/C22H37N3O2S.HI/c1-6-23-21(25-18-9-8-10-20(15-18)28(26)7-2)24-16-22(3,4)17-11-13-19(27-5)14-12-17;/h11-14,18,20H,6-10,15-16H2,1-5H3,(H2,23,24,25);1H. The second-order valence-electron chi connectivity index (χ2n) is 8.11. The predicted molar refractivity (Wildman–Crippen MR) is 135 cm³/mol. The quantitative estimate of drug-likeness (QED) is 0.297. The molecule has 3 atom stereocenters. The van der Waals surface area contributed by atoms with Crippen molar-refractivity contribution in [2.24, 2.45) is 4.99 Å². The average Bonchev–Trinajstić information content (AvgIpc) is 2.72. The van der Waals surface area contributed by atoms with Gasteiger partial charge in [0.05, 0.1) is 13.7 Å². The highest BCUT2D eigenvalue weighted by molar-refractivity contribution is 14.0. The highest BCUT2D eigenvalue weighted by Gasteiger charge is 2.26. The van der Waals surface area contributed by atoms with Crippen LogP contribution in [0.15, 0.2) is 29.3 Å². The maximum Gasteiger partial charge on any atom is 0.191 e. The molecule has 166 valence electrons. The van der Waals surface area contributed by atoms with Crippen LogP contribution in [0.25, 0.3) is 0 Å². The lowest BCUT2D eigenvalue weighted by molar-refractivity contribution is 0.412. The monoisotopic (exact) mass is 535 g/mol. The Labute approximate surface area is 196 Å². The number of aliphatic imine (C=N–C) groups is 1. The molecule has 0 bridgehead atoms. The topological polar surface area (TPSA) is 62.7 Å². The van der Waals surface area contributed by atoms with Crippen LogP contribution in [-0.4, -0.2) is 47.4 Å². The molecule has 0 amide bonds. The largest absolute Gasteiger partial charge is 0.497 e. The minimum absolute atomic E-state index is 0. The van der Waals surface area contributed by atoms with E-state index in [1.807, 2.05) is 19.1 Å². The molecule has 2 N–H and O–H groups in total. The normalized spacial score (nSPS) is 21.1. The Morgan fingerprint density at radius 2 is 1.93 bits per heavy atom. The maximum absolute atomic E-state index is 12.2. The van der Waals surface area contributed by atoms with Crippen molar-refractivity contribution in [1.29, 1.82) is 0 Å². The summed E-state index contributed by atoms with van der Waals surface area (Å²) in [7, 11) is 0.976. The Bertz CT molecular complexity index is 665. The zero-order valence-electron chi connectivity index (χ0n) is 18.5. The molecule has 0 spiro atoms. The molecule has 0 radical (unpaired) electrons. The number of benzene rings is 1. The molecule has 3 unspecified atom stereocenters. The van der Waals surface area contributed by atoms with Gasteiger partial charge in [-0.2, -0.15) is 0 Å². The summed E-state index contributed by atoms with van der Waals surface area (Å²) in [6.07, 6.45) is 4.29. The average molecular weight is 536 g/mol. The third-order valence-electron chi connectivity index (χ3n) is 5.47. The lowest BCUT2D eigenvalue weighted by Gasteiger charge is -2.30. The summed E-state index contributed by atoms with van der Waals surface area (Å²) in [5, 5.41) is 7.28. The fraction of sp³-hybridized carbons (Fsp3) is 0.682. The first kappa shape index (κ1) is 26.2. The Morgan fingerprint density at radius 3 is 2.52 bits per heavy atom. The smallest absolute Gasteiger partial charge is 0.191 e. The number of hydrogen-bond acceptors (Lipinski definition) is 3. The number of halogens is 1. The van der Waals surface area contributed by atoms with Crippen molar-refractivity contribution in [3.05, 3.63) is 29.8 Å². The Morgan fingerprint density at radius 1 is 1.24 bits per heavy atom. The van der Waals surface area contributed by atoms with Gasteiger partial charge in [-0.15, -0.1) is 24.0 Å². The molecule has 1 aliphatic carbocycles. The minimum Gasteiger partial charge on any atom is -0.497 e. The number of nitrogens with zero attached hydrogens (tertiary/aromatic N) is 1. The highest BCUT2D eigenvalue weighted by Crippen LogP contribution is 2.26. The van der Waals surface area contributed by atoms with Crippen LogP contribution >= 0.6 is 24.0 Å². The second-order valence-corrected chi connectivity index (χ2v) is 10.1. The molecule has 2 rings (SSSR count). The van der Waals surface area contributed by atoms with Gasteiger partial charge < -0.3 is 15.4 Å². The fourth-order valence-corrected chi connectivity index (χ4v) is 5.02. The molecule has 1 saturated carbocycles. The Kier molecular flexibility index (Phi) is 11.5. The first-order valence-electron chi connectivity index (χ1n) is 10.5. The number of ether oxygens (including phenoxy) is 1. The van der Waals surface area contributed by atoms with Crippen molar-refractivity contribution >= 4 is 40.7 Å². The van der Waals surface area contributed by atoms with Gasteiger partial charge in [0.1, 0.15) is 5.75 Å². The molecule has 0 heterocycles. The number of guanidine groups is 1. The van der Waals surface area contributed by atoms with E-state index >= 15 is 0 Å². The summed E-state index contributed by atoms with van der Waals surface area (Å²) >= 11 is 0. The van der Waals surface area contributed by atoms with Gasteiger partial charge in [0, 0.05) is 39.8 Å².